The molecule has 0 atom stereocenters. The molecule has 4 rings (SSSR count). The number of hydrogen-bond acceptors (Lipinski definition) is 3. The smallest absolute Gasteiger partial charge is 0.266 e. The normalized spacial score (nSPS) is 11.4. The van der Waals surface area contributed by atoms with E-state index in [1.807, 2.05) is 43.3 Å². The van der Waals surface area contributed by atoms with E-state index in [1.54, 1.807) is 47.1 Å². The average Bonchev–Trinajstić information content (AvgIpc) is 2.70. The van der Waals surface area contributed by atoms with Gasteiger partial charge in [-0.05, 0) is 61.0 Å². The third kappa shape index (κ3) is 3.30. The molecule has 28 heavy (non-hydrogen) atoms. The minimum Gasteiger partial charge on any atom is -0.507 e. The van der Waals surface area contributed by atoms with Crippen LogP contribution in [0.2, 0.25) is 5.02 Å². The van der Waals surface area contributed by atoms with Crippen LogP contribution in [0.25, 0.3) is 28.7 Å². The number of fused-ring (bicyclic) bond motifs is 1. The fraction of sp³-hybridized carbons (Fsp3) is 0.0435. The summed E-state index contributed by atoms with van der Waals surface area (Å²) in [6, 6.07) is 19.8. The quantitative estimate of drug-likeness (QED) is 0.523. The highest BCUT2D eigenvalue weighted by Crippen LogP contribution is 2.24. The first-order valence-electron chi connectivity index (χ1n) is 8.79. The number of benzene rings is 3. The van der Waals surface area contributed by atoms with Gasteiger partial charge < -0.3 is 5.11 Å². The zero-order chi connectivity index (χ0) is 19.7. The van der Waals surface area contributed by atoms with Crippen LogP contribution >= 0.6 is 11.6 Å². The van der Waals surface area contributed by atoms with Crippen LogP contribution in [-0.4, -0.2) is 14.7 Å². The van der Waals surface area contributed by atoms with Crippen LogP contribution in [0.5, 0.6) is 5.75 Å². The highest BCUT2D eigenvalue weighted by Gasteiger charge is 2.11. The zero-order valence-corrected chi connectivity index (χ0v) is 15.9. The van der Waals surface area contributed by atoms with Crippen LogP contribution in [0.15, 0.2) is 71.5 Å². The Bertz CT molecular complexity index is 1260. The Morgan fingerprint density at radius 1 is 0.964 bits per heavy atom. The van der Waals surface area contributed by atoms with Crippen molar-refractivity contribution in [2.45, 2.75) is 6.92 Å². The van der Waals surface area contributed by atoms with Gasteiger partial charge in [-0.1, -0.05) is 41.9 Å². The Kier molecular flexibility index (Phi) is 4.72. The van der Waals surface area contributed by atoms with Crippen molar-refractivity contribution in [2.24, 2.45) is 0 Å². The number of phenols is 1. The van der Waals surface area contributed by atoms with Crippen molar-refractivity contribution in [3.05, 3.63) is 99.1 Å². The second kappa shape index (κ2) is 7.33. The summed E-state index contributed by atoms with van der Waals surface area (Å²) in [6.45, 7) is 1.84. The summed E-state index contributed by atoms with van der Waals surface area (Å²) in [7, 11) is 0. The summed E-state index contributed by atoms with van der Waals surface area (Å²) < 4.78 is 1.54. The van der Waals surface area contributed by atoms with E-state index in [0.717, 1.165) is 5.56 Å². The molecule has 3 aromatic carbocycles. The summed E-state index contributed by atoms with van der Waals surface area (Å²) in [6.07, 6.45) is 3.49. The van der Waals surface area contributed by atoms with Crippen LogP contribution in [0.4, 0.5) is 0 Å². The predicted molar refractivity (Wildman–Crippen MR) is 114 cm³/mol. The van der Waals surface area contributed by atoms with Gasteiger partial charge in [-0.3, -0.25) is 9.36 Å². The SMILES string of the molecule is Cc1cccc(/C=C/c2nc3ccccc3c(=O)n2-c2ccc(Cl)cc2)c1O. The van der Waals surface area contributed by atoms with Gasteiger partial charge in [0, 0.05) is 10.6 Å². The van der Waals surface area contributed by atoms with Crippen molar-refractivity contribution in [1.82, 2.24) is 9.55 Å². The molecule has 5 heteroatoms. The molecule has 4 nitrogen and oxygen atoms in total. The molecule has 0 unspecified atom stereocenters. The predicted octanol–water partition coefficient (Wildman–Crippen LogP) is 5.22. The fourth-order valence-electron chi connectivity index (χ4n) is 3.08. The minimum absolute atomic E-state index is 0.166. The Morgan fingerprint density at radius 3 is 2.50 bits per heavy atom. The molecule has 0 aliphatic heterocycles. The Balaban J connectivity index is 1.95. The number of aromatic hydroxyl groups is 1. The van der Waals surface area contributed by atoms with Crippen LogP contribution in [0.1, 0.15) is 17.0 Å². The lowest BCUT2D eigenvalue weighted by molar-refractivity contribution is 0.470. The Hall–Kier alpha value is -3.37. The van der Waals surface area contributed by atoms with Gasteiger partial charge in [0.2, 0.25) is 0 Å². The number of aromatic nitrogens is 2. The molecule has 0 radical (unpaired) electrons. The lowest BCUT2D eigenvalue weighted by atomic mass is 10.1. The van der Waals surface area contributed by atoms with E-state index in [4.69, 9.17) is 11.6 Å². The molecule has 0 bridgehead atoms. The summed E-state index contributed by atoms with van der Waals surface area (Å²) in [4.78, 5) is 17.8. The van der Waals surface area contributed by atoms with Gasteiger partial charge in [-0.15, -0.1) is 0 Å². The molecule has 0 aliphatic rings. The summed E-state index contributed by atoms with van der Waals surface area (Å²) >= 11 is 6.00. The van der Waals surface area contributed by atoms with Gasteiger partial charge in [0.05, 0.1) is 16.6 Å². The zero-order valence-electron chi connectivity index (χ0n) is 15.1. The number of para-hydroxylation sites is 2. The standard InChI is InChI=1S/C23H17ClN2O2/c1-15-5-4-6-16(22(15)27)9-14-21-25-20-8-3-2-7-19(20)23(28)26(21)18-12-10-17(24)11-13-18/h2-14,27H,1H3/b14-9+. The molecule has 138 valence electrons. The summed E-state index contributed by atoms with van der Waals surface area (Å²) in [5, 5.41) is 11.4. The summed E-state index contributed by atoms with van der Waals surface area (Å²) in [5.74, 6) is 0.673. The molecule has 1 heterocycles. The number of aryl methyl sites for hydroxylation is 1. The molecule has 0 spiro atoms. The first-order valence-corrected chi connectivity index (χ1v) is 9.17. The molecule has 0 saturated carbocycles. The van der Waals surface area contributed by atoms with E-state index in [0.29, 0.717) is 33.0 Å². The first kappa shape index (κ1) is 18.0. The fourth-order valence-corrected chi connectivity index (χ4v) is 3.21. The number of nitrogens with zero attached hydrogens (tertiary/aromatic N) is 2. The highest BCUT2D eigenvalue weighted by atomic mass is 35.5. The third-order valence-corrected chi connectivity index (χ3v) is 4.82. The molecule has 1 N–H and O–H groups in total. The van der Waals surface area contributed by atoms with Crippen molar-refractivity contribution in [3.63, 3.8) is 0 Å². The van der Waals surface area contributed by atoms with Gasteiger partial charge in [-0.2, -0.15) is 0 Å². The molecule has 0 fully saturated rings. The van der Waals surface area contributed by atoms with E-state index >= 15 is 0 Å². The monoisotopic (exact) mass is 388 g/mol. The Labute approximate surface area is 167 Å². The van der Waals surface area contributed by atoms with Gasteiger partial charge in [0.1, 0.15) is 11.6 Å². The van der Waals surface area contributed by atoms with Gasteiger partial charge in [0.25, 0.3) is 5.56 Å². The van der Waals surface area contributed by atoms with E-state index in [1.165, 1.54) is 0 Å². The maximum Gasteiger partial charge on any atom is 0.266 e. The third-order valence-electron chi connectivity index (χ3n) is 4.57. The van der Waals surface area contributed by atoms with Crippen molar-refractivity contribution >= 4 is 34.7 Å². The highest BCUT2D eigenvalue weighted by molar-refractivity contribution is 6.30. The van der Waals surface area contributed by atoms with Crippen molar-refractivity contribution in [2.75, 3.05) is 0 Å². The maximum atomic E-state index is 13.2. The molecule has 0 aliphatic carbocycles. The van der Waals surface area contributed by atoms with Gasteiger partial charge in [-0.25, -0.2) is 4.98 Å². The molecular formula is C23H17ClN2O2. The molecule has 0 amide bonds. The number of rotatable bonds is 3. The van der Waals surface area contributed by atoms with Crippen LogP contribution in [0, 0.1) is 6.92 Å². The largest absolute Gasteiger partial charge is 0.507 e. The van der Waals surface area contributed by atoms with Crippen LogP contribution in [0.3, 0.4) is 0 Å². The van der Waals surface area contributed by atoms with Gasteiger partial charge >= 0.3 is 0 Å². The summed E-state index contributed by atoms with van der Waals surface area (Å²) in [5.41, 5.74) is 2.56. The molecule has 1 aromatic heterocycles. The van der Waals surface area contributed by atoms with E-state index in [2.05, 4.69) is 4.98 Å². The van der Waals surface area contributed by atoms with E-state index < -0.39 is 0 Å². The molecule has 0 saturated heterocycles. The molecule has 4 aromatic rings. The van der Waals surface area contributed by atoms with Gasteiger partial charge in [0.15, 0.2) is 0 Å². The van der Waals surface area contributed by atoms with Crippen LogP contribution < -0.4 is 5.56 Å². The van der Waals surface area contributed by atoms with E-state index in [9.17, 15) is 9.90 Å². The number of halogens is 1. The van der Waals surface area contributed by atoms with Crippen molar-refractivity contribution < 1.29 is 5.11 Å². The molecular weight excluding hydrogens is 372 g/mol. The van der Waals surface area contributed by atoms with Crippen molar-refractivity contribution in [3.8, 4) is 11.4 Å². The van der Waals surface area contributed by atoms with Crippen molar-refractivity contribution in [1.29, 1.82) is 0 Å². The first-order chi connectivity index (χ1) is 13.5. The second-order valence-electron chi connectivity index (χ2n) is 6.45. The van der Waals surface area contributed by atoms with Crippen LogP contribution in [-0.2, 0) is 0 Å². The maximum absolute atomic E-state index is 13.2. The number of hydrogen-bond donors (Lipinski definition) is 1. The lowest BCUT2D eigenvalue weighted by Crippen LogP contribution is -2.22. The second-order valence-corrected chi connectivity index (χ2v) is 6.89. The minimum atomic E-state index is -0.166. The average molecular weight is 389 g/mol. The Morgan fingerprint density at radius 2 is 1.71 bits per heavy atom. The van der Waals surface area contributed by atoms with E-state index in [-0.39, 0.29) is 11.3 Å². The lowest BCUT2D eigenvalue weighted by Gasteiger charge is -2.11. The number of phenolic OH excluding ortho intramolecular Hbond substituents is 1. The topological polar surface area (TPSA) is 55.1 Å².